The predicted octanol–water partition coefficient (Wildman–Crippen LogP) is 2.26. The molecule has 1 atom stereocenters. The average molecular weight is 371 g/mol. The molecule has 0 saturated carbocycles. The first-order valence-electron chi connectivity index (χ1n) is 9.07. The summed E-state index contributed by atoms with van der Waals surface area (Å²) in [5, 5.41) is 2.77. The van der Waals surface area contributed by atoms with Crippen LogP contribution in [0.5, 0.6) is 11.5 Å². The van der Waals surface area contributed by atoms with Crippen LogP contribution in [0.4, 0.5) is 0 Å². The monoisotopic (exact) mass is 371 g/mol. The number of amides is 1. The quantitative estimate of drug-likeness (QED) is 0.780. The Kier molecular flexibility index (Phi) is 5.81. The van der Waals surface area contributed by atoms with Crippen LogP contribution < -0.4 is 20.3 Å². The van der Waals surface area contributed by atoms with E-state index in [-0.39, 0.29) is 17.9 Å². The Morgan fingerprint density at radius 3 is 2.78 bits per heavy atom. The Labute approximate surface area is 158 Å². The minimum absolute atomic E-state index is 0.102. The number of hydrogen-bond donors (Lipinski definition) is 2. The number of nitrogens with zero attached hydrogens (tertiary/aromatic N) is 1. The van der Waals surface area contributed by atoms with Crippen molar-refractivity contribution in [2.45, 2.75) is 39.4 Å². The van der Waals surface area contributed by atoms with Crippen molar-refractivity contribution in [1.29, 1.82) is 0 Å². The van der Waals surface area contributed by atoms with Crippen molar-refractivity contribution in [3.8, 4) is 11.5 Å². The van der Waals surface area contributed by atoms with Crippen LogP contribution in [0, 0.1) is 0 Å². The Morgan fingerprint density at radius 1 is 1.26 bits per heavy atom. The lowest BCUT2D eigenvalue weighted by atomic mass is 10.2. The molecule has 1 amide bonds. The van der Waals surface area contributed by atoms with Crippen LogP contribution in [0.15, 0.2) is 35.1 Å². The number of hydrogen-bond acceptors (Lipinski definition) is 5. The first-order chi connectivity index (χ1) is 13.0. The average Bonchev–Trinajstić information content (AvgIpc) is 3.13. The molecule has 0 bridgehead atoms. The topological polar surface area (TPSA) is 83.7 Å². The molecular weight excluding hydrogens is 346 g/mol. The molecule has 1 aliphatic rings. The highest BCUT2D eigenvalue weighted by atomic mass is 16.7. The third-order valence-corrected chi connectivity index (χ3v) is 4.87. The van der Waals surface area contributed by atoms with Crippen LogP contribution in [-0.2, 0) is 13.1 Å². The van der Waals surface area contributed by atoms with Crippen LogP contribution in [0.25, 0.3) is 0 Å². The molecule has 7 heteroatoms. The number of carbonyl (C=O) groups is 1. The zero-order chi connectivity index (χ0) is 19.4. The number of nitrogens with one attached hydrogen (secondary N) is 2. The first-order valence-corrected chi connectivity index (χ1v) is 9.07. The van der Waals surface area contributed by atoms with Gasteiger partial charge < -0.3 is 19.8 Å². The van der Waals surface area contributed by atoms with Crippen molar-refractivity contribution >= 4 is 5.91 Å². The molecule has 1 aromatic heterocycles. The molecule has 144 valence electrons. The normalized spacial score (nSPS) is 13.6. The molecule has 2 aromatic rings. The molecule has 7 nitrogen and oxygen atoms in total. The Morgan fingerprint density at radius 2 is 2.04 bits per heavy atom. The maximum Gasteiger partial charge on any atom is 0.261 e. The van der Waals surface area contributed by atoms with Crippen molar-refractivity contribution in [3.63, 3.8) is 0 Å². The standard InChI is InChI=1S/C20H25N3O4/c1-4-13(2)23(3)11-15-6-7-16(20(25)22-15)19(24)21-10-14-5-8-17-18(9-14)27-12-26-17/h5-9,13H,4,10-12H2,1-3H3,(H,21,24)(H,22,25)/t13-/m0/s1. The lowest BCUT2D eigenvalue weighted by Crippen LogP contribution is -2.31. The molecule has 27 heavy (non-hydrogen) atoms. The van der Waals surface area contributed by atoms with E-state index >= 15 is 0 Å². The number of aromatic amines is 1. The fourth-order valence-electron chi connectivity index (χ4n) is 2.85. The highest BCUT2D eigenvalue weighted by Crippen LogP contribution is 2.32. The molecule has 2 N–H and O–H groups in total. The lowest BCUT2D eigenvalue weighted by molar-refractivity contribution is 0.0949. The van der Waals surface area contributed by atoms with Gasteiger partial charge in [-0.05, 0) is 50.2 Å². The number of benzene rings is 1. The Bertz CT molecular complexity index is 878. The van der Waals surface area contributed by atoms with E-state index in [1.54, 1.807) is 18.2 Å². The molecule has 0 spiro atoms. The number of rotatable bonds is 7. The van der Waals surface area contributed by atoms with Crippen LogP contribution in [-0.4, -0.2) is 35.7 Å². The van der Waals surface area contributed by atoms with Crippen LogP contribution in [0.3, 0.4) is 0 Å². The van der Waals surface area contributed by atoms with E-state index in [1.807, 2.05) is 19.2 Å². The molecule has 0 aliphatic carbocycles. The van der Waals surface area contributed by atoms with Crippen LogP contribution in [0.1, 0.15) is 41.9 Å². The van der Waals surface area contributed by atoms with E-state index in [1.165, 1.54) is 0 Å². The zero-order valence-corrected chi connectivity index (χ0v) is 15.9. The van der Waals surface area contributed by atoms with E-state index < -0.39 is 5.91 Å². The molecule has 1 aliphatic heterocycles. The second-order valence-electron chi connectivity index (χ2n) is 6.77. The Hall–Kier alpha value is -2.80. The lowest BCUT2D eigenvalue weighted by Gasteiger charge is -2.23. The fourth-order valence-corrected chi connectivity index (χ4v) is 2.85. The van der Waals surface area contributed by atoms with Gasteiger partial charge in [-0.25, -0.2) is 0 Å². The molecule has 0 fully saturated rings. The molecule has 2 heterocycles. The Balaban J connectivity index is 1.62. The van der Waals surface area contributed by atoms with Gasteiger partial charge in [0.05, 0.1) is 0 Å². The summed E-state index contributed by atoms with van der Waals surface area (Å²) in [6.45, 7) is 5.39. The highest BCUT2D eigenvalue weighted by Gasteiger charge is 2.15. The van der Waals surface area contributed by atoms with Gasteiger partial charge in [0, 0.05) is 24.8 Å². The SMILES string of the molecule is CC[C@H](C)N(C)Cc1ccc(C(=O)NCc2ccc3c(c2)OCO3)c(=O)[nH]1. The largest absolute Gasteiger partial charge is 0.454 e. The van der Waals surface area contributed by atoms with Gasteiger partial charge in [-0.15, -0.1) is 0 Å². The molecule has 0 saturated heterocycles. The number of aromatic nitrogens is 1. The number of ether oxygens (including phenoxy) is 2. The molecular formula is C20H25N3O4. The van der Waals surface area contributed by atoms with Gasteiger partial charge in [0.15, 0.2) is 11.5 Å². The number of fused-ring (bicyclic) bond motifs is 1. The second kappa shape index (κ2) is 8.26. The van der Waals surface area contributed by atoms with Crippen LogP contribution >= 0.6 is 0 Å². The van der Waals surface area contributed by atoms with E-state index in [2.05, 4.69) is 29.0 Å². The summed E-state index contributed by atoms with van der Waals surface area (Å²) >= 11 is 0. The minimum atomic E-state index is -0.407. The van der Waals surface area contributed by atoms with Crippen molar-refractivity contribution in [3.05, 3.63) is 57.5 Å². The third-order valence-electron chi connectivity index (χ3n) is 4.87. The number of pyridine rings is 1. The van der Waals surface area contributed by atoms with Crippen molar-refractivity contribution < 1.29 is 14.3 Å². The number of carbonyl (C=O) groups excluding carboxylic acids is 1. The maximum absolute atomic E-state index is 12.4. The van der Waals surface area contributed by atoms with Gasteiger partial charge in [-0.2, -0.15) is 0 Å². The summed E-state index contributed by atoms with van der Waals surface area (Å²) in [5.41, 5.74) is 1.38. The van der Waals surface area contributed by atoms with Gasteiger partial charge in [0.25, 0.3) is 11.5 Å². The van der Waals surface area contributed by atoms with Gasteiger partial charge in [0.1, 0.15) is 5.56 Å². The molecule has 3 rings (SSSR count). The van der Waals surface area contributed by atoms with E-state index in [0.717, 1.165) is 17.7 Å². The predicted molar refractivity (Wildman–Crippen MR) is 102 cm³/mol. The second-order valence-corrected chi connectivity index (χ2v) is 6.77. The summed E-state index contributed by atoms with van der Waals surface area (Å²) in [6, 6.07) is 9.26. The maximum atomic E-state index is 12.4. The van der Waals surface area contributed by atoms with Crippen LogP contribution in [0.2, 0.25) is 0 Å². The third kappa shape index (κ3) is 4.49. The molecule has 1 aromatic carbocycles. The van der Waals surface area contributed by atoms with Gasteiger partial charge in [-0.3, -0.25) is 14.5 Å². The summed E-state index contributed by atoms with van der Waals surface area (Å²) < 4.78 is 10.6. The summed E-state index contributed by atoms with van der Waals surface area (Å²) in [7, 11) is 2.01. The summed E-state index contributed by atoms with van der Waals surface area (Å²) in [5.74, 6) is 0.949. The van der Waals surface area contributed by atoms with Gasteiger partial charge in [-0.1, -0.05) is 13.0 Å². The summed E-state index contributed by atoms with van der Waals surface area (Å²) in [6.07, 6.45) is 1.03. The first kappa shape index (κ1) is 19.0. The van der Waals surface area contributed by atoms with E-state index in [9.17, 15) is 9.59 Å². The molecule has 0 unspecified atom stereocenters. The van der Waals surface area contributed by atoms with Gasteiger partial charge >= 0.3 is 0 Å². The summed E-state index contributed by atoms with van der Waals surface area (Å²) in [4.78, 5) is 29.6. The van der Waals surface area contributed by atoms with Crippen molar-refractivity contribution in [2.75, 3.05) is 13.8 Å². The minimum Gasteiger partial charge on any atom is -0.454 e. The van der Waals surface area contributed by atoms with Crippen molar-refractivity contribution in [1.82, 2.24) is 15.2 Å². The fraction of sp³-hybridized carbons (Fsp3) is 0.400. The van der Waals surface area contributed by atoms with E-state index in [4.69, 9.17) is 9.47 Å². The molecule has 0 radical (unpaired) electrons. The van der Waals surface area contributed by atoms with E-state index in [0.29, 0.717) is 30.6 Å². The van der Waals surface area contributed by atoms with Crippen molar-refractivity contribution in [2.24, 2.45) is 0 Å². The smallest absolute Gasteiger partial charge is 0.261 e. The van der Waals surface area contributed by atoms with Gasteiger partial charge in [0.2, 0.25) is 6.79 Å². The zero-order valence-electron chi connectivity index (χ0n) is 15.9. The number of H-pyrrole nitrogens is 1. The highest BCUT2D eigenvalue weighted by molar-refractivity contribution is 5.93.